The monoisotopic (exact) mass is 276 g/mol. The molecule has 1 amide bonds. The van der Waals surface area contributed by atoms with E-state index in [1.165, 1.54) is 0 Å². The van der Waals surface area contributed by atoms with Crippen molar-refractivity contribution in [1.29, 1.82) is 0 Å². The number of nitrogens with zero attached hydrogens (tertiary/aromatic N) is 2. The highest BCUT2D eigenvalue weighted by molar-refractivity contribution is 7.80. The minimum atomic E-state index is -0.208. The van der Waals surface area contributed by atoms with Crippen LogP contribution in [0.15, 0.2) is 24.3 Å². The van der Waals surface area contributed by atoms with Crippen LogP contribution in [0, 0.1) is 0 Å². The third-order valence-corrected chi connectivity index (χ3v) is 3.02. The summed E-state index contributed by atoms with van der Waals surface area (Å²) in [6.45, 7) is 1.86. The molecule has 0 saturated carbocycles. The fourth-order valence-corrected chi connectivity index (χ4v) is 2.28. The molecule has 1 atom stereocenters. The smallest absolute Gasteiger partial charge is 0.272 e. The van der Waals surface area contributed by atoms with E-state index >= 15 is 0 Å². The summed E-state index contributed by atoms with van der Waals surface area (Å²) in [6.07, 6.45) is 0.478. The molecular weight excluding hydrogens is 260 g/mol. The fourth-order valence-electron chi connectivity index (χ4n) is 2.03. The predicted molar refractivity (Wildman–Crippen MR) is 79.0 cm³/mol. The summed E-state index contributed by atoms with van der Waals surface area (Å²) in [4.78, 5) is 12.6. The molecule has 2 rings (SSSR count). The maximum atomic E-state index is 12.2. The molecule has 1 unspecified atom stereocenters. The third kappa shape index (κ3) is 2.90. The Morgan fingerprint density at radius 1 is 1.53 bits per heavy atom. The largest absolute Gasteiger partial charge is 0.393 e. The molecule has 0 aliphatic carbocycles. The average molecular weight is 276 g/mol. The number of thiocarbonyl (C=S) groups is 1. The normalized spacial score (nSPS) is 12.3. The highest BCUT2D eigenvalue weighted by atomic mass is 32.1. The van der Waals surface area contributed by atoms with Crippen LogP contribution in [0.1, 0.15) is 23.8 Å². The van der Waals surface area contributed by atoms with Crippen LogP contribution in [0.3, 0.4) is 0 Å². The topological polar surface area (TPSA) is 72.9 Å². The number of para-hydroxylation sites is 1. The summed E-state index contributed by atoms with van der Waals surface area (Å²) < 4.78 is 1.70. The van der Waals surface area contributed by atoms with Gasteiger partial charge in [-0.15, -0.1) is 0 Å². The van der Waals surface area contributed by atoms with Crippen molar-refractivity contribution in [3.63, 3.8) is 0 Å². The first-order chi connectivity index (χ1) is 8.99. The lowest BCUT2D eigenvalue weighted by atomic mass is 10.2. The predicted octanol–water partition coefficient (Wildman–Crippen LogP) is 1.37. The molecule has 3 N–H and O–H groups in total. The molecule has 0 spiro atoms. The van der Waals surface area contributed by atoms with Crippen LogP contribution < -0.4 is 11.1 Å². The van der Waals surface area contributed by atoms with E-state index in [4.69, 9.17) is 18.0 Å². The van der Waals surface area contributed by atoms with Crippen molar-refractivity contribution in [2.45, 2.75) is 19.4 Å². The zero-order chi connectivity index (χ0) is 14.0. The minimum absolute atomic E-state index is 0.106. The van der Waals surface area contributed by atoms with Gasteiger partial charge in [-0.3, -0.25) is 9.48 Å². The van der Waals surface area contributed by atoms with Crippen molar-refractivity contribution in [2.24, 2.45) is 12.8 Å². The van der Waals surface area contributed by atoms with E-state index in [0.29, 0.717) is 17.1 Å². The number of nitrogens with one attached hydrogen (secondary N) is 1. The van der Waals surface area contributed by atoms with Gasteiger partial charge in [-0.05, 0) is 13.0 Å². The van der Waals surface area contributed by atoms with Gasteiger partial charge >= 0.3 is 0 Å². The standard InChI is InChI=1S/C13H16N4OS/c1-8(7-11(14)19)15-13(18)12-9-5-3-4-6-10(9)17(2)16-12/h3-6,8H,7H2,1-2H3,(H2,14,19)(H,15,18). The molecule has 0 saturated heterocycles. The van der Waals surface area contributed by atoms with Crippen molar-refractivity contribution in [3.05, 3.63) is 30.0 Å². The zero-order valence-corrected chi connectivity index (χ0v) is 11.7. The van der Waals surface area contributed by atoms with Crippen LogP contribution in [0.4, 0.5) is 0 Å². The first-order valence-corrected chi connectivity index (χ1v) is 6.40. The van der Waals surface area contributed by atoms with Gasteiger partial charge in [0.1, 0.15) is 0 Å². The second-order valence-electron chi connectivity index (χ2n) is 4.53. The fraction of sp³-hybridized carbons (Fsp3) is 0.308. The van der Waals surface area contributed by atoms with Gasteiger partial charge in [-0.2, -0.15) is 5.10 Å². The van der Waals surface area contributed by atoms with Crippen LogP contribution in [0.2, 0.25) is 0 Å². The Labute approximate surface area is 116 Å². The molecule has 0 fully saturated rings. The Bertz CT molecular complexity index is 635. The Hall–Kier alpha value is -1.95. The van der Waals surface area contributed by atoms with Crippen LogP contribution in [-0.4, -0.2) is 26.7 Å². The van der Waals surface area contributed by atoms with E-state index in [1.54, 1.807) is 4.68 Å². The molecule has 5 nitrogen and oxygen atoms in total. The van der Waals surface area contributed by atoms with Gasteiger partial charge in [0.2, 0.25) is 0 Å². The molecule has 1 aromatic carbocycles. The number of carbonyl (C=O) groups is 1. The average Bonchev–Trinajstić information content (AvgIpc) is 2.66. The molecule has 0 aliphatic rings. The Morgan fingerprint density at radius 2 is 2.21 bits per heavy atom. The number of nitrogens with two attached hydrogens (primary N) is 1. The lowest BCUT2D eigenvalue weighted by Gasteiger charge is -2.11. The molecule has 1 aromatic heterocycles. The number of carbonyl (C=O) groups excluding carboxylic acids is 1. The van der Waals surface area contributed by atoms with E-state index in [-0.39, 0.29) is 11.9 Å². The molecule has 2 aromatic rings. The molecule has 1 heterocycles. The third-order valence-electron chi connectivity index (χ3n) is 2.86. The van der Waals surface area contributed by atoms with Crippen molar-refractivity contribution >= 4 is 34.0 Å². The number of hydrogen-bond acceptors (Lipinski definition) is 3. The van der Waals surface area contributed by atoms with Crippen LogP contribution in [0.25, 0.3) is 10.9 Å². The van der Waals surface area contributed by atoms with E-state index in [0.717, 1.165) is 10.9 Å². The molecule has 0 aliphatic heterocycles. The molecule has 0 radical (unpaired) electrons. The second kappa shape index (κ2) is 5.36. The SMILES string of the molecule is CC(CC(N)=S)NC(=O)c1nn(C)c2ccccc12. The highest BCUT2D eigenvalue weighted by Gasteiger charge is 2.17. The number of hydrogen-bond donors (Lipinski definition) is 2. The van der Waals surface area contributed by atoms with Crippen LogP contribution in [-0.2, 0) is 7.05 Å². The first kappa shape index (κ1) is 13.5. The number of aromatic nitrogens is 2. The van der Waals surface area contributed by atoms with Crippen LogP contribution in [0.5, 0.6) is 0 Å². The van der Waals surface area contributed by atoms with Gasteiger partial charge in [0.05, 0.1) is 10.5 Å². The van der Waals surface area contributed by atoms with Gasteiger partial charge in [0.25, 0.3) is 5.91 Å². The summed E-state index contributed by atoms with van der Waals surface area (Å²) in [5.74, 6) is -0.208. The summed E-state index contributed by atoms with van der Waals surface area (Å²) in [5.41, 5.74) is 6.81. The van der Waals surface area contributed by atoms with Crippen molar-refractivity contribution < 1.29 is 4.79 Å². The maximum Gasteiger partial charge on any atom is 0.272 e. The summed E-state index contributed by atoms with van der Waals surface area (Å²) in [5, 5.41) is 7.95. The number of rotatable bonds is 4. The number of benzene rings is 1. The zero-order valence-electron chi connectivity index (χ0n) is 10.9. The van der Waals surface area contributed by atoms with Gasteiger partial charge in [-0.1, -0.05) is 30.4 Å². The van der Waals surface area contributed by atoms with Crippen molar-refractivity contribution in [1.82, 2.24) is 15.1 Å². The quantitative estimate of drug-likeness (QED) is 0.827. The minimum Gasteiger partial charge on any atom is -0.393 e. The summed E-state index contributed by atoms with van der Waals surface area (Å²) in [7, 11) is 1.82. The van der Waals surface area contributed by atoms with E-state index in [1.807, 2.05) is 38.2 Å². The van der Waals surface area contributed by atoms with Crippen LogP contribution >= 0.6 is 12.2 Å². The van der Waals surface area contributed by atoms with E-state index in [9.17, 15) is 4.79 Å². The summed E-state index contributed by atoms with van der Waals surface area (Å²) >= 11 is 4.83. The van der Waals surface area contributed by atoms with Gasteiger partial charge in [0.15, 0.2) is 5.69 Å². The van der Waals surface area contributed by atoms with Gasteiger partial charge < -0.3 is 11.1 Å². The molecule has 100 valence electrons. The van der Waals surface area contributed by atoms with Gasteiger partial charge in [-0.25, -0.2) is 0 Å². The first-order valence-electron chi connectivity index (χ1n) is 6.00. The Morgan fingerprint density at radius 3 is 2.89 bits per heavy atom. The molecule has 6 heteroatoms. The lowest BCUT2D eigenvalue weighted by Crippen LogP contribution is -2.35. The lowest BCUT2D eigenvalue weighted by molar-refractivity contribution is 0.0937. The Balaban J connectivity index is 2.25. The maximum absolute atomic E-state index is 12.2. The van der Waals surface area contributed by atoms with Gasteiger partial charge in [0, 0.05) is 24.9 Å². The molecule has 19 heavy (non-hydrogen) atoms. The van der Waals surface area contributed by atoms with Crippen molar-refractivity contribution in [3.8, 4) is 0 Å². The molecular formula is C13H16N4OS. The number of aryl methyl sites for hydroxylation is 1. The molecule has 0 bridgehead atoms. The van der Waals surface area contributed by atoms with E-state index < -0.39 is 0 Å². The number of fused-ring (bicyclic) bond motifs is 1. The van der Waals surface area contributed by atoms with Crippen molar-refractivity contribution in [2.75, 3.05) is 0 Å². The summed E-state index contributed by atoms with van der Waals surface area (Å²) in [6, 6.07) is 7.51. The Kier molecular flexibility index (Phi) is 3.80. The van der Waals surface area contributed by atoms with E-state index in [2.05, 4.69) is 10.4 Å². The highest BCUT2D eigenvalue weighted by Crippen LogP contribution is 2.17. The number of amides is 1. The second-order valence-corrected chi connectivity index (χ2v) is 5.06.